The summed E-state index contributed by atoms with van der Waals surface area (Å²) in [4.78, 5) is 13.6. The van der Waals surface area contributed by atoms with Crippen molar-refractivity contribution in [2.45, 2.75) is 25.9 Å². The minimum absolute atomic E-state index is 0.0225. The van der Waals surface area contributed by atoms with Crippen LogP contribution in [0.2, 0.25) is 0 Å². The number of hydrogen-bond donors (Lipinski definition) is 1. The summed E-state index contributed by atoms with van der Waals surface area (Å²) in [6.45, 7) is 3.09. The third kappa shape index (κ3) is 2.98. The van der Waals surface area contributed by atoms with E-state index in [1.165, 1.54) is 12.1 Å². The van der Waals surface area contributed by atoms with Gasteiger partial charge in [-0.05, 0) is 25.1 Å². The Balaban J connectivity index is 2.15. The molecular weight excluding hydrogens is 235 g/mol. The van der Waals surface area contributed by atoms with Gasteiger partial charge >= 0.3 is 0 Å². The zero-order valence-corrected chi connectivity index (χ0v) is 10.4. The van der Waals surface area contributed by atoms with Gasteiger partial charge in [0.15, 0.2) is 0 Å². The smallest absolute Gasteiger partial charge is 0.224 e. The van der Waals surface area contributed by atoms with E-state index in [2.05, 4.69) is 0 Å². The second-order valence-corrected chi connectivity index (χ2v) is 4.60. The normalized spacial score (nSPS) is 16.5. The van der Waals surface area contributed by atoms with Gasteiger partial charge < -0.3 is 15.4 Å². The van der Waals surface area contributed by atoms with E-state index in [1.54, 1.807) is 17.9 Å². The van der Waals surface area contributed by atoms with Crippen molar-refractivity contribution in [3.05, 3.63) is 29.6 Å². The second-order valence-electron chi connectivity index (χ2n) is 4.60. The molecule has 1 amide bonds. The molecule has 0 bridgehead atoms. The Kier molecular flexibility index (Phi) is 3.81. The molecular formula is C13H17FN2O2. The number of fused-ring (bicyclic) bond motifs is 1. The Morgan fingerprint density at radius 2 is 2.39 bits per heavy atom. The van der Waals surface area contributed by atoms with E-state index in [9.17, 15) is 9.18 Å². The highest BCUT2D eigenvalue weighted by Gasteiger charge is 2.20. The van der Waals surface area contributed by atoms with E-state index in [0.29, 0.717) is 37.4 Å². The van der Waals surface area contributed by atoms with E-state index in [4.69, 9.17) is 10.5 Å². The molecule has 5 heteroatoms. The van der Waals surface area contributed by atoms with E-state index in [0.717, 1.165) is 0 Å². The van der Waals surface area contributed by atoms with Crippen LogP contribution < -0.4 is 10.5 Å². The number of benzene rings is 1. The zero-order valence-electron chi connectivity index (χ0n) is 10.4. The number of nitrogens with zero attached hydrogens (tertiary/aromatic N) is 1. The van der Waals surface area contributed by atoms with Gasteiger partial charge in [-0.2, -0.15) is 0 Å². The van der Waals surface area contributed by atoms with Gasteiger partial charge in [0.2, 0.25) is 5.91 Å². The van der Waals surface area contributed by atoms with Crippen molar-refractivity contribution in [3.63, 3.8) is 0 Å². The summed E-state index contributed by atoms with van der Waals surface area (Å²) in [5.41, 5.74) is 6.32. The van der Waals surface area contributed by atoms with Crippen LogP contribution in [-0.4, -0.2) is 30.0 Å². The standard InChI is InChI=1S/C13H17FN2O2/c1-9(15)6-13(17)16-4-5-18-12-3-2-11(14)7-10(12)8-16/h2-3,7,9H,4-6,8,15H2,1H3/t9-/m1/s1. The number of rotatable bonds is 2. The van der Waals surface area contributed by atoms with E-state index >= 15 is 0 Å². The summed E-state index contributed by atoms with van der Waals surface area (Å²) in [5, 5.41) is 0. The Labute approximate surface area is 106 Å². The molecule has 4 nitrogen and oxygen atoms in total. The number of carbonyl (C=O) groups is 1. The molecule has 98 valence electrons. The molecule has 2 rings (SSSR count). The molecule has 1 aliphatic heterocycles. The molecule has 0 unspecified atom stereocenters. The van der Waals surface area contributed by atoms with E-state index in [-0.39, 0.29) is 17.8 Å². The van der Waals surface area contributed by atoms with Crippen LogP contribution in [-0.2, 0) is 11.3 Å². The lowest BCUT2D eigenvalue weighted by atomic mass is 10.1. The summed E-state index contributed by atoms with van der Waals surface area (Å²) >= 11 is 0. The number of nitrogens with two attached hydrogens (primary N) is 1. The van der Waals surface area contributed by atoms with Crippen LogP contribution in [0.3, 0.4) is 0 Å². The van der Waals surface area contributed by atoms with Crippen LogP contribution in [0.25, 0.3) is 0 Å². The lowest BCUT2D eigenvalue weighted by Gasteiger charge is -2.20. The van der Waals surface area contributed by atoms with Crippen LogP contribution in [0.1, 0.15) is 18.9 Å². The van der Waals surface area contributed by atoms with Crippen molar-refractivity contribution in [1.82, 2.24) is 4.90 Å². The highest BCUT2D eigenvalue weighted by Crippen LogP contribution is 2.24. The number of halogens is 1. The largest absolute Gasteiger partial charge is 0.491 e. The topological polar surface area (TPSA) is 55.6 Å². The molecule has 1 heterocycles. The monoisotopic (exact) mass is 252 g/mol. The molecule has 2 N–H and O–H groups in total. The maximum absolute atomic E-state index is 13.2. The molecule has 0 saturated heterocycles. The van der Waals surface area contributed by atoms with Crippen molar-refractivity contribution in [2.75, 3.05) is 13.2 Å². The summed E-state index contributed by atoms with van der Waals surface area (Å²) in [6.07, 6.45) is 0.296. The number of carbonyl (C=O) groups excluding carboxylic acids is 1. The Morgan fingerprint density at radius 3 is 3.11 bits per heavy atom. The second kappa shape index (κ2) is 5.35. The fraction of sp³-hybridized carbons (Fsp3) is 0.462. The number of hydrogen-bond acceptors (Lipinski definition) is 3. The Bertz CT molecular complexity index is 449. The van der Waals surface area contributed by atoms with Gasteiger partial charge in [0, 0.05) is 24.6 Å². The summed E-state index contributed by atoms with van der Waals surface area (Å²) in [5.74, 6) is 0.303. The van der Waals surface area contributed by atoms with Crippen LogP contribution in [0.4, 0.5) is 4.39 Å². The maximum atomic E-state index is 13.2. The van der Waals surface area contributed by atoms with Crippen LogP contribution >= 0.6 is 0 Å². The predicted octanol–water partition coefficient (Wildman–Crippen LogP) is 1.28. The first kappa shape index (κ1) is 12.8. The van der Waals surface area contributed by atoms with Crippen molar-refractivity contribution in [2.24, 2.45) is 5.73 Å². The first-order chi connectivity index (χ1) is 8.56. The lowest BCUT2D eigenvalue weighted by Crippen LogP contribution is -2.35. The maximum Gasteiger partial charge on any atom is 0.224 e. The van der Waals surface area contributed by atoms with Crippen LogP contribution in [0, 0.1) is 5.82 Å². The molecule has 18 heavy (non-hydrogen) atoms. The molecule has 0 aliphatic carbocycles. The number of amides is 1. The predicted molar refractivity (Wildman–Crippen MR) is 65.6 cm³/mol. The van der Waals surface area contributed by atoms with Crippen LogP contribution in [0.5, 0.6) is 5.75 Å². The molecule has 1 aliphatic rings. The van der Waals surface area contributed by atoms with E-state index in [1.807, 2.05) is 0 Å². The Morgan fingerprint density at radius 1 is 1.61 bits per heavy atom. The molecule has 1 aromatic carbocycles. The molecule has 1 aromatic rings. The highest BCUT2D eigenvalue weighted by molar-refractivity contribution is 5.77. The third-order valence-electron chi connectivity index (χ3n) is 2.85. The number of ether oxygens (including phenoxy) is 1. The zero-order chi connectivity index (χ0) is 13.1. The van der Waals surface area contributed by atoms with E-state index < -0.39 is 0 Å². The van der Waals surface area contributed by atoms with Gasteiger partial charge in [0.05, 0.1) is 6.54 Å². The van der Waals surface area contributed by atoms with Gasteiger partial charge in [0.25, 0.3) is 0 Å². The van der Waals surface area contributed by atoms with Crippen molar-refractivity contribution < 1.29 is 13.9 Å². The molecule has 0 spiro atoms. The van der Waals surface area contributed by atoms with Crippen molar-refractivity contribution in [3.8, 4) is 5.75 Å². The summed E-state index contributed by atoms with van der Waals surface area (Å²) < 4.78 is 18.7. The average molecular weight is 252 g/mol. The third-order valence-corrected chi connectivity index (χ3v) is 2.85. The molecule has 1 atom stereocenters. The lowest BCUT2D eigenvalue weighted by molar-refractivity contribution is -0.132. The first-order valence-electron chi connectivity index (χ1n) is 6.01. The first-order valence-corrected chi connectivity index (χ1v) is 6.01. The summed E-state index contributed by atoms with van der Waals surface area (Å²) in [6, 6.07) is 4.20. The van der Waals surface area contributed by atoms with Gasteiger partial charge in [-0.25, -0.2) is 4.39 Å². The van der Waals surface area contributed by atoms with Gasteiger partial charge in [-0.15, -0.1) is 0 Å². The van der Waals surface area contributed by atoms with Gasteiger partial charge in [-0.3, -0.25) is 4.79 Å². The van der Waals surface area contributed by atoms with Gasteiger partial charge in [-0.1, -0.05) is 0 Å². The molecule has 0 aromatic heterocycles. The van der Waals surface area contributed by atoms with Crippen molar-refractivity contribution >= 4 is 5.91 Å². The van der Waals surface area contributed by atoms with Crippen molar-refractivity contribution in [1.29, 1.82) is 0 Å². The summed E-state index contributed by atoms with van der Waals surface area (Å²) in [7, 11) is 0. The molecule has 0 radical (unpaired) electrons. The van der Waals surface area contributed by atoms with Gasteiger partial charge in [0.1, 0.15) is 18.2 Å². The Hall–Kier alpha value is -1.62. The van der Waals surface area contributed by atoms with Crippen LogP contribution in [0.15, 0.2) is 18.2 Å². The highest BCUT2D eigenvalue weighted by atomic mass is 19.1. The fourth-order valence-electron chi connectivity index (χ4n) is 1.98. The molecule has 0 saturated carbocycles. The quantitative estimate of drug-likeness (QED) is 0.862. The minimum Gasteiger partial charge on any atom is -0.491 e. The fourth-order valence-corrected chi connectivity index (χ4v) is 1.98. The average Bonchev–Trinajstić information content (AvgIpc) is 2.49. The SMILES string of the molecule is C[C@@H](N)CC(=O)N1CCOc2ccc(F)cc2C1. The molecule has 0 fully saturated rings. The minimum atomic E-state index is -0.321.